The molecule has 0 bridgehead atoms. The molecule has 3 heterocycles. The number of nitro groups is 1. The number of thiophene rings is 1. The third kappa shape index (κ3) is 3.29. The lowest BCUT2D eigenvalue weighted by atomic mass is 10.0. The molecule has 1 aliphatic heterocycles. The summed E-state index contributed by atoms with van der Waals surface area (Å²) in [4.78, 5) is 27.7. The Hall–Kier alpha value is -2.72. The van der Waals surface area contributed by atoms with Gasteiger partial charge in [0.2, 0.25) is 0 Å². The van der Waals surface area contributed by atoms with Crippen molar-refractivity contribution in [2.24, 2.45) is 7.05 Å². The van der Waals surface area contributed by atoms with Crippen LogP contribution in [-0.4, -0.2) is 37.0 Å². The zero-order chi connectivity index (χ0) is 19.8. The number of nitrogens with zero attached hydrogens (tertiary/aromatic N) is 5. The normalized spacial score (nSPS) is 16.1. The van der Waals surface area contributed by atoms with Gasteiger partial charge in [-0.15, -0.1) is 21.5 Å². The van der Waals surface area contributed by atoms with Gasteiger partial charge in [-0.05, 0) is 54.2 Å². The number of aryl methyl sites for hydroxylation is 1. The van der Waals surface area contributed by atoms with Crippen molar-refractivity contribution in [2.45, 2.75) is 29.4 Å². The number of rotatable bonds is 4. The fourth-order valence-electron chi connectivity index (χ4n) is 3.30. The van der Waals surface area contributed by atoms with E-state index >= 15 is 0 Å². The molecule has 10 heteroatoms. The summed E-state index contributed by atoms with van der Waals surface area (Å²) in [5, 5.41) is 21.9. The van der Waals surface area contributed by atoms with Gasteiger partial charge < -0.3 is 9.47 Å². The van der Waals surface area contributed by atoms with E-state index in [0.29, 0.717) is 22.2 Å². The largest absolute Gasteiger partial charge is 0.331 e. The summed E-state index contributed by atoms with van der Waals surface area (Å²) in [6.07, 6.45) is 2.34. The van der Waals surface area contributed by atoms with Gasteiger partial charge in [-0.25, -0.2) is 0 Å². The van der Waals surface area contributed by atoms with Crippen molar-refractivity contribution < 1.29 is 9.72 Å². The van der Waals surface area contributed by atoms with Gasteiger partial charge in [0, 0.05) is 30.1 Å². The van der Waals surface area contributed by atoms with E-state index in [-0.39, 0.29) is 17.6 Å². The van der Waals surface area contributed by atoms with Crippen LogP contribution in [0.15, 0.2) is 46.0 Å². The molecule has 0 spiro atoms. The average Bonchev–Trinajstić information content (AvgIpc) is 3.31. The van der Waals surface area contributed by atoms with Crippen molar-refractivity contribution in [3.8, 4) is 0 Å². The lowest BCUT2D eigenvalue weighted by Crippen LogP contribution is -2.38. The Morgan fingerprint density at radius 2 is 2.21 bits per heavy atom. The molecule has 1 atom stereocenters. The van der Waals surface area contributed by atoms with Crippen molar-refractivity contribution in [3.63, 3.8) is 0 Å². The third-order valence-corrected chi connectivity index (χ3v) is 6.93. The van der Waals surface area contributed by atoms with Crippen molar-refractivity contribution in [3.05, 3.63) is 62.1 Å². The second-order valence-electron chi connectivity index (χ2n) is 6.49. The number of carbonyl (C=O) groups is 1. The van der Waals surface area contributed by atoms with Crippen molar-refractivity contribution in [1.29, 1.82) is 0 Å². The van der Waals surface area contributed by atoms with E-state index in [2.05, 4.69) is 10.2 Å². The smallest absolute Gasteiger partial charge is 0.284 e. The van der Waals surface area contributed by atoms with E-state index in [9.17, 15) is 14.9 Å². The van der Waals surface area contributed by atoms with Crippen LogP contribution in [-0.2, 0) is 13.5 Å². The summed E-state index contributed by atoms with van der Waals surface area (Å²) < 4.78 is 1.68. The monoisotopic (exact) mass is 415 g/mol. The molecule has 8 nitrogen and oxygen atoms in total. The van der Waals surface area contributed by atoms with Crippen LogP contribution in [0, 0.1) is 10.1 Å². The number of carbonyl (C=O) groups excluding carboxylic acids is 1. The molecule has 0 saturated heterocycles. The summed E-state index contributed by atoms with van der Waals surface area (Å²) in [5.41, 5.74) is 1.37. The van der Waals surface area contributed by atoms with E-state index < -0.39 is 4.92 Å². The molecule has 144 valence electrons. The van der Waals surface area contributed by atoms with Crippen LogP contribution in [0.3, 0.4) is 0 Å². The first-order valence-corrected chi connectivity index (χ1v) is 10.3. The van der Waals surface area contributed by atoms with Crippen molar-refractivity contribution in [2.75, 3.05) is 6.54 Å². The van der Waals surface area contributed by atoms with Gasteiger partial charge in [0.25, 0.3) is 11.6 Å². The predicted octanol–water partition coefficient (Wildman–Crippen LogP) is 3.70. The summed E-state index contributed by atoms with van der Waals surface area (Å²) in [6.45, 7) is 2.60. The Morgan fingerprint density at radius 3 is 2.93 bits per heavy atom. The lowest BCUT2D eigenvalue weighted by Gasteiger charge is -2.33. The molecule has 1 amide bonds. The standard InChI is InChI=1S/C18H17N5O3S2/c1-11-13-6-8-27-15(13)5-7-22(11)17(24)12-3-4-16(14(9-12)23(25)26)28-18-20-19-10-21(18)2/h3-4,6,8-11H,5,7H2,1-2H3/t11-/m1/s1. The Morgan fingerprint density at radius 1 is 1.39 bits per heavy atom. The molecule has 0 unspecified atom stereocenters. The van der Waals surface area contributed by atoms with Crippen LogP contribution in [0.25, 0.3) is 0 Å². The molecule has 0 saturated carbocycles. The van der Waals surface area contributed by atoms with Crippen LogP contribution < -0.4 is 0 Å². The number of hydrogen-bond acceptors (Lipinski definition) is 7. The van der Waals surface area contributed by atoms with E-state index in [1.165, 1.54) is 17.3 Å². The molecule has 28 heavy (non-hydrogen) atoms. The first kappa shape index (κ1) is 18.6. The van der Waals surface area contributed by atoms with Gasteiger partial charge in [-0.3, -0.25) is 14.9 Å². The Balaban J connectivity index is 1.63. The van der Waals surface area contributed by atoms with Crippen LogP contribution in [0.5, 0.6) is 0 Å². The van der Waals surface area contributed by atoms with Gasteiger partial charge in [-0.2, -0.15) is 0 Å². The summed E-state index contributed by atoms with van der Waals surface area (Å²) in [5.74, 6) is -0.192. The summed E-state index contributed by atoms with van der Waals surface area (Å²) in [6, 6.07) is 6.61. The molecule has 4 rings (SSSR count). The summed E-state index contributed by atoms with van der Waals surface area (Å²) in [7, 11) is 1.77. The van der Waals surface area contributed by atoms with Crippen LogP contribution in [0.2, 0.25) is 0 Å². The van der Waals surface area contributed by atoms with Gasteiger partial charge in [0.05, 0.1) is 15.9 Å². The highest BCUT2D eigenvalue weighted by Gasteiger charge is 2.30. The molecule has 1 aliphatic rings. The lowest BCUT2D eigenvalue weighted by molar-refractivity contribution is -0.387. The van der Waals surface area contributed by atoms with Gasteiger partial charge >= 0.3 is 0 Å². The van der Waals surface area contributed by atoms with Gasteiger partial charge in [0.15, 0.2) is 5.16 Å². The maximum Gasteiger partial charge on any atom is 0.284 e. The summed E-state index contributed by atoms with van der Waals surface area (Å²) >= 11 is 2.86. The molecule has 0 fully saturated rings. The van der Waals surface area contributed by atoms with Crippen LogP contribution in [0.1, 0.15) is 33.8 Å². The molecule has 1 aromatic carbocycles. The predicted molar refractivity (Wildman–Crippen MR) is 106 cm³/mol. The average molecular weight is 416 g/mol. The molecular weight excluding hydrogens is 398 g/mol. The highest BCUT2D eigenvalue weighted by molar-refractivity contribution is 7.99. The maximum absolute atomic E-state index is 13.1. The molecule has 3 aromatic rings. The molecule has 0 aliphatic carbocycles. The highest BCUT2D eigenvalue weighted by atomic mass is 32.2. The molecule has 0 N–H and O–H groups in total. The van der Waals surface area contributed by atoms with Crippen LogP contribution in [0.4, 0.5) is 5.69 Å². The molecule has 2 aromatic heterocycles. The van der Waals surface area contributed by atoms with Crippen molar-refractivity contribution in [1.82, 2.24) is 19.7 Å². The Labute approximate surface area is 169 Å². The molecular formula is C18H17N5O3S2. The first-order valence-electron chi connectivity index (χ1n) is 8.63. The number of amides is 1. The van der Waals surface area contributed by atoms with E-state index in [1.807, 2.05) is 18.4 Å². The number of aromatic nitrogens is 3. The van der Waals surface area contributed by atoms with E-state index in [0.717, 1.165) is 23.7 Å². The topological polar surface area (TPSA) is 94.2 Å². The second kappa shape index (κ2) is 7.36. The minimum Gasteiger partial charge on any atom is -0.331 e. The highest BCUT2D eigenvalue weighted by Crippen LogP contribution is 2.36. The minimum atomic E-state index is -0.466. The quantitative estimate of drug-likeness (QED) is 0.476. The van der Waals surface area contributed by atoms with Crippen molar-refractivity contribution >= 4 is 34.7 Å². The van der Waals surface area contributed by atoms with Gasteiger partial charge in [-0.1, -0.05) is 0 Å². The van der Waals surface area contributed by atoms with Gasteiger partial charge in [0.1, 0.15) is 6.33 Å². The number of benzene rings is 1. The Kier molecular flexibility index (Phi) is 4.90. The fourth-order valence-corrected chi connectivity index (χ4v) is 5.11. The Bertz CT molecular complexity index is 1060. The SMILES string of the molecule is C[C@@H]1c2ccsc2CCN1C(=O)c1ccc(Sc2nncn2C)c([N+](=O)[O-])c1. The maximum atomic E-state index is 13.1. The zero-order valence-corrected chi connectivity index (χ0v) is 16.9. The number of nitro benzene ring substituents is 1. The third-order valence-electron chi connectivity index (χ3n) is 4.81. The molecule has 0 radical (unpaired) electrons. The number of fused-ring (bicyclic) bond motifs is 1. The van der Waals surface area contributed by atoms with Crippen LogP contribution >= 0.6 is 23.1 Å². The first-order chi connectivity index (χ1) is 13.5. The number of hydrogen-bond donors (Lipinski definition) is 0. The second-order valence-corrected chi connectivity index (χ2v) is 8.50. The minimum absolute atomic E-state index is 0.0470. The van der Waals surface area contributed by atoms with E-state index in [4.69, 9.17) is 0 Å². The zero-order valence-electron chi connectivity index (χ0n) is 15.2. The fraction of sp³-hybridized carbons (Fsp3) is 0.278. The van der Waals surface area contributed by atoms with E-state index in [1.54, 1.807) is 40.0 Å².